The second-order valence-electron chi connectivity index (χ2n) is 11.4. The zero-order valence-corrected chi connectivity index (χ0v) is 23.5. The molecule has 3 aliphatic heterocycles. The molecule has 7 rings (SSSR count). The third kappa shape index (κ3) is 5.20. The van der Waals surface area contributed by atoms with Crippen LogP contribution in [0.2, 0.25) is 0 Å². The maximum absolute atomic E-state index is 13.4. The maximum atomic E-state index is 13.4. The van der Waals surface area contributed by atoms with E-state index >= 15 is 0 Å². The van der Waals surface area contributed by atoms with E-state index in [2.05, 4.69) is 29.8 Å². The van der Waals surface area contributed by atoms with Gasteiger partial charge in [0.1, 0.15) is 17.1 Å². The molecule has 4 aromatic rings. The van der Waals surface area contributed by atoms with Crippen molar-refractivity contribution in [3.8, 4) is 11.5 Å². The second kappa shape index (κ2) is 11.1. The Morgan fingerprint density at radius 2 is 1.40 bits per heavy atom. The molecule has 3 saturated heterocycles. The lowest BCUT2D eigenvalue weighted by Crippen LogP contribution is -2.49. The van der Waals surface area contributed by atoms with E-state index in [0.717, 1.165) is 49.8 Å². The summed E-state index contributed by atoms with van der Waals surface area (Å²) in [4.78, 5) is 54.2. The van der Waals surface area contributed by atoms with Gasteiger partial charge in [0, 0.05) is 45.5 Å². The summed E-state index contributed by atoms with van der Waals surface area (Å²) in [6, 6.07) is 15.1. The molecule has 6 heterocycles. The zero-order chi connectivity index (χ0) is 28.5. The number of anilines is 1. The number of hydrogen-bond donors (Lipinski definition) is 1. The van der Waals surface area contributed by atoms with Gasteiger partial charge in [-0.1, -0.05) is 18.2 Å². The Balaban J connectivity index is 0.956. The molecule has 1 aromatic carbocycles. The van der Waals surface area contributed by atoms with Gasteiger partial charge >= 0.3 is 0 Å². The highest BCUT2D eigenvalue weighted by atomic mass is 16.5. The minimum Gasteiger partial charge on any atom is -0.378 e. The van der Waals surface area contributed by atoms with E-state index in [4.69, 9.17) is 4.74 Å². The van der Waals surface area contributed by atoms with E-state index < -0.39 is 0 Å². The number of ether oxygens (including phenoxy) is 1. The van der Waals surface area contributed by atoms with Crippen molar-refractivity contribution in [2.75, 3.05) is 57.4 Å². The monoisotopic (exact) mass is 566 g/mol. The Morgan fingerprint density at radius 1 is 0.738 bits per heavy atom. The van der Waals surface area contributed by atoms with Gasteiger partial charge < -0.3 is 24.4 Å². The number of H-pyrrole nitrogens is 1. The number of amides is 2. The number of carbonyl (C=O) groups excluding carboxylic acids is 2. The van der Waals surface area contributed by atoms with Crippen LogP contribution in [-0.2, 0) is 4.74 Å². The smallest absolute Gasteiger partial charge is 0.272 e. The summed E-state index contributed by atoms with van der Waals surface area (Å²) in [5.41, 5.74) is 3.50. The first-order valence-corrected chi connectivity index (χ1v) is 14.7. The molecule has 0 radical (unpaired) electrons. The van der Waals surface area contributed by atoms with Crippen LogP contribution in [0.25, 0.3) is 22.6 Å². The molecule has 0 bridgehead atoms. The molecule has 0 aliphatic carbocycles. The summed E-state index contributed by atoms with van der Waals surface area (Å²) in [5.74, 6) is 1.16. The first-order chi connectivity index (χ1) is 20.6. The quantitative estimate of drug-likeness (QED) is 0.399. The van der Waals surface area contributed by atoms with Crippen LogP contribution in [0.15, 0.2) is 54.7 Å². The van der Waals surface area contributed by atoms with Crippen molar-refractivity contribution < 1.29 is 14.3 Å². The van der Waals surface area contributed by atoms with Crippen molar-refractivity contribution in [1.29, 1.82) is 0 Å². The van der Waals surface area contributed by atoms with Crippen LogP contribution in [0.5, 0.6) is 0 Å². The second-order valence-corrected chi connectivity index (χ2v) is 11.4. The Morgan fingerprint density at radius 3 is 2.10 bits per heavy atom. The van der Waals surface area contributed by atoms with Crippen molar-refractivity contribution in [2.24, 2.45) is 5.41 Å². The number of aromatic nitrogens is 5. The fourth-order valence-electron chi connectivity index (χ4n) is 6.34. The number of piperidine rings is 2. The number of rotatable bonds is 4. The number of benzene rings is 1. The number of carbonyl (C=O) groups is 2. The summed E-state index contributed by atoms with van der Waals surface area (Å²) in [7, 11) is 0. The number of para-hydroxylation sites is 2. The molecule has 0 saturated carbocycles. The Kier molecular flexibility index (Phi) is 7.02. The van der Waals surface area contributed by atoms with Crippen molar-refractivity contribution in [1.82, 2.24) is 34.7 Å². The molecule has 3 aliphatic rings. The van der Waals surface area contributed by atoms with Gasteiger partial charge in [-0.2, -0.15) is 0 Å². The zero-order valence-electron chi connectivity index (χ0n) is 23.5. The lowest BCUT2D eigenvalue weighted by Gasteiger charge is -2.46. The first-order valence-electron chi connectivity index (χ1n) is 14.7. The predicted octanol–water partition coefficient (Wildman–Crippen LogP) is 3.41. The highest BCUT2D eigenvalue weighted by Crippen LogP contribution is 2.41. The van der Waals surface area contributed by atoms with E-state index in [0.29, 0.717) is 68.2 Å². The Bertz CT molecular complexity index is 1560. The van der Waals surface area contributed by atoms with Crippen molar-refractivity contribution in [3.05, 3.63) is 66.1 Å². The molecular weight excluding hydrogens is 532 g/mol. The summed E-state index contributed by atoms with van der Waals surface area (Å²) in [6.45, 7) is 5.53. The SMILES string of the molecule is O=C(c1cccc(-c2nc3ccccc3[nH]2)n1)N1CCC2(CC1)CCN(C(=O)c1ccnc(N3CCOCC3)n1)CC2. The summed E-state index contributed by atoms with van der Waals surface area (Å²) in [6.07, 6.45) is 5.39. The standard InChI is InChI=1S/C31H34N8O3/c40-28(25-7-3-6-24(33-25)27-34-22-4-1-2-5-23(22)35-27)37-14-9-31(10-15-37)11-16-38(17-12-31)29(41)26-8-13-32-30(36-26)39-18-20-42-21-19-39/h1-8,13H,9-12,14-21H2,(H,34,35). The molecule has 1 spiro atoms. The molecule has 11 nitrogen and oxygen atoms in total. The van der Waals surface area contributed by atoms with Gasteiger partial charge in [0.25, 0.3) is 11.8 Å². The third-order valence-corrected chi connectivity index (χ3v) is 8.98. The lowest BCUT2D eigenvalue weighted by molar-refractivity contribution is 0.0276. The van der Waals surface area contributed by atoms with Gasteiger partial charge in [-0.05, 0) is 61.4 Å². The van der Waals surface area contributed by atoms with Crippen LogP contribution < -0.4 is 4.90 Å². The maximum Gasteiger partial charge on any atom is 0.272 e. The first kappa shape index (κ1) is 26.5. The number of morpholine rings is 1. The van der Waals surface area contributed by atoms with Gasteiger partial charge in [0.15, 0.2) is 5.82 Å². The van der Waals surface area contributed by atoms with E-state index in [1.54, 1.807) is 18.3 Å². The summed E-state index contributed by atoms with van der Waals surface area (Å²) in [5, 5.41) is 0. The Hall–Kier alpha value is -4.38. The van der Waals surface area contributed by atoms with Gasteiger partial charge in [-0.15, -0.1) is 0 Å². The van der Waals surface area contributed by atoms with Crippen LogP contribution >= 0.6 is 0 Å². The number of imidazole rings is 1. The number of likely N-dealkylation sites (tertiary alicyclic amines) is 2. The van der Waals surface area contributed by atoms with Crippen molar-refractivity contribution in [3.63, 3.8) is 0 Å². The van der Waals surface area contributed by atoms with Gasteiger partial charge in [-0.25, -0.2) is 19.9 Å². The minimum atomic E-state index is -0.0461. The number of nitrogens with one attached hydrogen (secondary N) is 1. The molecule has 3 fully saturated rings. The molecule has 2 amide bonds. The normalized spacial score (nSPS) is 18.9. The molecular formula is C31H34N8O3. The van der Waals surface area contributed by atoms with Crippen molar-refractivity contribution >= 4 is 28.8 Å². The van der Waals surface area contributed by atoms with Crippen LogP contribution in [0.1, 0.15) is 46.7 Å². The van der Waals surface area contributed by atoms with E-state index in [1.165, 1.54) is 0 Å². The number of pyridine rings is 1. The third-order valence-electron chi connectivity index (χ3n) is 8.98. The largest absolute Gasteiger partial charge is 0.378 e. The van der Waals surface area contributed by atoms with Gasteiger partial charge in [-0.3, -0.25) is 9.59 Å². The highest BCUT2D eigenvalue weighted by Gasteiger charge is 2.40. The molecule has 11 heteroatoms. The van der Waals surface area contributed by atoms with Crippen molar-refractivity contribution in [2.45, 2.75) is 25.7 Å². The molecule has 3 aromatic heterocycles. The lowest BCUT2D eigenvalue weighted by atomic mass is 9.71. The average Bonchev–Trinajstić information content (AvgIpc) is 3.50. The van der Waals surface area contributed by atoms with Crippen LogP contribution in [0, 0.1) is 5.41 Å². The van der Waals surface area contributed by atoms with E-state index in [1.807, 2.05) is 46.2 Å². The highest BCUT2D eigenvalue weighted by molar-refractivity contribution is 5.93. The van der Waals surface area contributed by atoms with Gasteiger partial charge in [0.2, 0.25) is 5.95 Å². The van der Waals surface area contributed by atoms with Crippen LogP contribution in [0.4, 0.5) is 5.95 Å². The topological polar surface area (TPSA) is 120 Å². The fraction of sp³-hybridized carbons (Fsp3) is 0.419. The fourth-order valence-corrected chi connectivity index (χ4v) is 6.34. The van der Waals surface area contributed by atoms with E-state index in [-0.39, 0.29) is 17.2 Å². The summed E-state index contributed by atoms with van der Waals surface area (Å²) < 4.78 is 5.42. The molecule has 0 unspecified atom stereocenters. The van der Waals surface area contributed by atoms with Crippen LogP contribution in [-0.4, -0.2) is 99.0 Å². The van der Waals surface area contributed by atoms with E-state index in [9.17, 15) is 9.59 Å². The number of hydrogen-bond acceptors (Lipinski definition) is 8. The Labute approximate surface area is 243 Å². The summed E-state index contributed by atoms with van der Waals surface area (Å²) >= 11 is 0. The number of fused-ring (bicyclic) bond motifs is 1. The van der Waals surface area contributed by atoms with Crippen LogP contribution in [0.3, 0.4) is 0 Å². The molecule has 0 atom stereocenters. The predicted molar refractivity (Wildman–Crippen MR) is 157 cm³/mol. The number of nitrogens with zero attached hydrogens (tertiary/aromatic N) is 7. The number of aromatic amines is 1. The molecule has 216 valence electrons. The van der Waals surface area contributed by atoms with Gasteiger partial charge in [0.05, 0.1) is 24.2 Å². The average molecular weight is 567 g/mol. The minimum absolute atomic E-state index is 0.0372. The molecule has 42 heavy (non-hydrogen) atoms. The molecule has 1 N–H and O–H groups in total.